The third-order valence-corrected chi connectivity index (χ3v) is 10.6. The van der Waals surface area contributed by atoms with Crippen molar-refractivity contribution in [2.24, 2.45) is 0 Å². The van der Waals surface area contributed by atoms with Gasteiger partial charge in [0.2, 0.25) is 0 Å². The molecule has 0 radical (unpaired) electrons. The molecule has 0 N–H and O–H groups in total. The Morgan fingerprint density at radius 3 is 0.774 bits per heavy atom. The van der Waals surface area contributed by atoms with Crippen molar-refractivity contribution in [3.05, 3.63) is 86.5 Å². The molecule has 3 aromatic rings. The van der Waals surface area contributed by atoms with Crippen molar-refractivity contribution >= 4 is 46.9 Å². The zero-order chi connectivity index (χ0) is 21.7. The minimum Gasteiger partial charge on any atom is -1.00 e. The predicted octanol–water partition coefficient (Wildman–Crippen LogP) is 0.413. The topological polar surface area (TPSA) is 23.1 Å². The van der Waals surface area contributed by atoms with Crippen LogP contribution < -0.4 is 37.3 Å². The molecule has 0 aliphatic carbocycles. The van der Waals surface area contributed by atoms with E-state index in [2.05, 4.69) is 98.7 Å². The molecule has 4 heteroatoms. The van der Waals surface area contributed by atoms with Gasteiger partial charge in [-0.1, -0.05) is 102 Å². The van der Waals surface area contributed by atoms with Crippen LogP contribution in [0.5, 0.6) is 0 Å². The number of benzene rings is 3. The van der Waals surface area contributed by atoms with Crippen molar-refractivity contribution in [2.45, 2.75) is 62.3 Å². The summed E-state index contributed by atoms with van der Waals surface area (Å²) in [6, 6.07) is 13.1. The van der Waals surface area contributed by atoms with Crippen LogP contribution in [0.25, 0.3) is 0 Å². The van der Waals surface area contributed by atoms with Crippen molar-refractivity contribution in [1.82, 2.24) is 0 Å². The number of halogens is 1. The Labute approximate surface area is 216 Å². The predicted molar refractivity (Wildman–Crippen MR) is 132 cm³/mol. The van der Waals surface area contributed by atoms with Crippen molar-refractivity contribution in [3.8, 4) is 0 Å². The van der Waals surface area contributed by atoms with Crippen molar-refractivity contribution in [1.29, 1.82) is 0 Å². The first kappa shape index (κ1) is 28.1. The second kappa shape index (κ2) is 10.3. The first-order chi connectivity index (χ1) is 13.5. The molecule has 0 heterocycles. The number of hydrogen-bond acceptors (Lipinski definition) is 1. The Balaban J connectivity index is 0.00000240. The maximum Gasteiger partial charge on any atom is 2.00 e. The fourth-order valence-electron chi connectivity index (χ4n) is 5.58. The summed E-state index contributed by atoms with van der Waals surface area (Å²) in [5.74, 6) is 0. The summed E-state index contributed by atoms with van der Waals surface area (Å²) in [6.45, 7) is 19.0. The normalized spacial score (nSPS) is 11.0. The van der Waals surface area contributed by atoms with E-state index in [4.69, 9.17) is 0 Å². The number of rotatable bonds is 3. The molecule has 31 heavy (non-hydrogen) atoms. The quantitative estimate of drug-likeness (QED) is 0.374. The van der Waals surface area contributed by atoms with Crippen molar-refractivity contribution in [3.63, 3.8) is 0 Å². The van der Waals surface area contributed by atoms with Gasteiger partial charge in [-0.15, -0.1) is 0 Å². The van der Waals surface area contributed by atoms with E-state index in [0.717, 1.165) is 48.9 Å². The Bertz CT molecular complexity index is 912. The molecule has 1 nitrogen and oxygen atoms in total. The molecule has 0 aliphatic rings. The second-order valence-corrected chi connectivity index (χ2v) is 11.9. The fourth-order valence-corrected chi connectivity index (χ4v) is 10.1. The van der Waals surface area contributed by atoms with E-state index < -0.39 is 8.32 Å². The van der Waals surface area contributed by atoms with Crippen LogP contribution in [-0.4, -0.2) is 31.4 Å². The van der Waals surface area contributed by atoms with Crippen molar-refractivity contribution < 1.29 is 21.8 Å². The first-order valence-electron chi connectivity index (χ1n) is 10.4. The first-order valence-corrected chi connectivity index (χ1v) is 12.3. The van der Waals surface area contributed by atoms with Gasteiger partial charge in [-0.3, -0.25) is 0 Å². The molecular formula is C27H33BrMgOSi. The van der Waals surface area contributed by atoms with E-state index in [1.807, 2.05) is 0 Å². The molecule has 0 fully saturated rings. The molecule has 0 saturated carbocycles. The van der Waals surface area contributed by atoms with Crippen LogP contribution in [0.3, 0.4) is 0 Å². The van der Waals surface area contributed by atoms with Gasteiger partial charge in [-0.2, -0.15) is 0 Å². The average molecular weight is 506 g/mol. The molecule has 0 atom stereocenters. The number of aryl methyl sites for hydroxylation is 9. The van der Waals surface area contributed by atoms with Crippen LogP contribution in [0.15, 0.2) is 36.4 Å². The molecule has 0 aromatic heterocycles. The van der Waals surface area contributed by atoms with Gasteiger partial charge in [0, 0.05) is 0 Å². The standard InChI is InChI=1S/C27H33OSi.BrH.Mg/c1-16-10-19(4)25(20(5)11-16)29(28,26-21(6)12-17(2)13-22(26)7)27-23(8)14-18(3)15-24(27)9;;/h10-15H,1-9H3;1H;/q-1;;+2/p-1. The van der Waals surface area contributed by atoms with Gasteiger partial charge >= 0.3 is 23.1 Å². The van der Waals surface area contributed by atoms with Gasteiger partial charge < -0.3 is 21.8 Å². The van der Waals surface area contributed by atoms with Crippen molar-refractivity contribution in [2.75, 3.05) is 0 Å². The zero-order valence-electron chi connectivity index (χ0n) is 20.5. The van der Waals surface area contributed by atoms with Gasteiger partial charge in [0.15, 0.2) is 0 Å². The van der Waals surface area contributed by atoms with Gasteiger partial charge in [0.25, 0.3) is 0 Å². The smallest absolute Gasteiger partial charge is 1.00 e. The molecule has 0 amide bonds. The Hall–Kier alpha value is -0.917. The minimum absolute atomic E-state index is 0. The van der Waals surface area contributed by atoms with Crippen LogP contribution in [0, 0.1) is 62.3 Å². The maximum atomic E-state index is 15.5. The molecule has 3 aromatic carbocycles. The van der Waals surface area contributed by atoms with Gasteiger partial charge in [0.05, 0.1) is 8.32 Å². The molecule has 160 valence electrons. The Kier molecular flexibility index (Phi) is 9.38. The van der Waals surface area contributed by atoms with E-state index >= 15 is 4.80 Å². The number of hydrogen-bond donors (Lipinski definition) is 0. The third kappa shape index (κ3) is 5.04. The second-order valence-electron chi connectivity index (χ2n) is 9.00. The van der Waals surface area contributed by atoms with Crippen LogP contribution in [0.4, 0.5) is 0 Å². The van der Waals surface area contributed by atoms with E-state index in [1.54, 1.807) is 0 Å². The van der Waals surface area contributed by atoms with Gasteiger partial charge in [-0.05, 0) is 62.3 Å². The molecule has 0 spiro atoms. The van der Waals surface area contributed by atoms with Gasteiger partial charge in [0.1, 0.15) is 0 Å². The van der Waals surface area contributed by atoms with E-state index in [9.17, 15) is 0 Å². The van der Waals surface area contributed by atoms with Gasteiger partial charge in [-0.25, -0.2) is 0 Å². The average Bonchev–Trinajstić information content (AvgIpc) is 2.51. The summed E-state index contributed by atoms with van der Waals surface area (Å²) in [5, 5.41) is 3.11. The molecule has 0 saturated heterocycles. The SMILES string of the molecule is Cc1cc(C)c([Si]([O-])(c2c(C)cc(C)cc2C)c2c(C)cc(C)cc2C)c(C)c1.[Br-].[Mg+2]. The van der Waals surface area contributed by atoms with E-state index in [1.165, 1.54) is 16.7 Å². The minimum atomic E-state index is -3.46. The summed E-state index contributed by atoms with van der Waals surface area (Å²) in [7, 11) is -3.46. The van der Waals surface area contributed by atoms with Crippen LogP contribution in [-0.2, 0) is 0 Å². The van der Waals surface area contributed by atoms with Crippen LogP contribution in [0.1, 0.15) is 50.1 Å². The third-order valence-electron chi connectivity index (χ3n) is 6.09. The summed E-state index contributed by atoms with van der Waals surface area (Å²) >= 11 is 0. The largest absolute Gasteiger partial charge is 2.00 e. The summed E-state index contributed by atoms with van der Waals surface area (Å²) < 4.78 is 0. The molecule has 0 aliphatic heterocycles. The van der Waals surface area contributed by atoms with E-state index in [0.29, 0.717) is 0 Å². The zero-order valence-corrected chi connectivity index (χ0v) is 24.5. The van der Waals surface area contributed by atoms with Crippen LogP contribution in [0.2, 0.25) is 0 Å². The Morgan fingerprint density at radius 2 is 0.613 bits per heavy atom. The fraction of sp³-hybridized carbons (Fsp3) is 0.333. The Morgan fingerprint density at radius 1 is 0.452 bits per heavy atom. The molecule has 0 bridgehead atoms. The van der Waals surface area contributed by atoms with E-state index in [-0.39, 0.29) is 40.0 Å². The molecular weight excluding hydrogens is 473 g/mol. The molecule has 0 unspecified atom stereocenters. The summed E-state index contributed by atoms with van der Waals surface area (Å²) in [4.78, 5) is 15.5. The molecule has 3 rings (SSSR count). The van der Waals surface area contributed by atoms with Crippen LogP contribution >= 0.6 is 0 Å². The summed E-state index contributed by atoms with van der Waals surface area (Å²) in [6.07, 6.45) is 0. The monoisotopic (exact) mass is 504 g/mol. The summed E-state index contributed by atoms with van der Waals surface area (Å²) in [5.41, 5.74) is 10.4. The maximum absolute atomic E-state index is 15.5.